The van der Waals surface area contributed by atoms with Crippen molar-refractivity contribution in [3.63, 3.8) is 0 Å². The fourth-order valence-electron chi connectivity index (χ4n) is 0.925. The summed E-state index contributed by atoms with van der Waals surface area (Å²) in [4.78, 5) is 22.8. The van der Waals surface area contributed by atoms with Gasteiger partial charge in [-0.15, -0.1) is 0 Å². The van der Waals surface area contributed by atoms with Crippen LogP contribution in [0.1, 0.15) is 20.8 Å². The molecule has 0 aromatic carbocycles. The van der Waals surface area contributed by atoms with Gasteiger partial charge in [-0.25, -0.2) is 4.79 Å². The standard InChI is InChI=1S/C10H18BrNO4/c1-10(2,3)16-9(14)12-7(6-15-4)8(13)5-11/h7H,5-6H2,1-4H3,(H,12,14). The van der Waals surface area contributed by atoms with Gasteiger partial charge >= 0.3 is 6.09 Å². The van der Waals surface area contributed by atoms with Crippen LogP contribution in [0.5, 0.6) is 0 Å². The second kappa shape index (κ2) is 6.85. The summed E-state index contributed by atoms with van der Waals surface area (Å²) in [7, 11) is 1.46. The molecule has 1 amide bonds. The van der Waals surface area contributed by atoms with Gasteiger partial charge in [-0.3, -0.25) is 4.79 Å². The largest absolute Gasteiger partial charge is 0.444 e. The van der Waals surface area contributed by atoms with E-state index in [9.17, 15) is 9.59 Å². The highest BCUT2D eigenvalue weighted by Crippen LogP contribution is 2.07. The number of halogens is 1. The first-order valence-corrected chi connectivity index (χ1v) is 5.99. The van der Waals surface area contributed by atoms with E-state index in [0.717, 1.165) is 0 Å². The fourth-order valence-corrected chi connectivity index (χ4v) is 1.32. The van der Waals surface area contributed by atoms with Crippen LogP contribution >= 0.6 is 15.9 Å². The average Bonchev–Trinajstić information content (AvgIpc) is 2.13. The van der Waals surface area contributed by atoms with Crippen LogP contribution in [0, 0.1) is 0 Å². The van der Waals surface area contributed by atoms with Gasteiger partial charge in [0.1, 0.15) is 11.6 Å². The Labute approximate surface area is 104 Å². The number of carbonyl (C=O) groups excluding carboxylic acids is 2. The predicted molar refractivity (Wildman–Crippen MR) is 63.8 cm³/mol. The van der Waals surface area contributed by atoms with E-state index < -0.39 is 17.7 Å². The van der Waals surface area contributed by atoms with Crippen molar-refractivity contribution in [3.8, 4) is 0 Å². The normalized spacial score (nSPS) is 13.1. The second-order valence-corrected chi connectivity index (χ2v) is 4.81. The number of amides is 1. The number of alkyl carbamates (subject to hydrolysis) is 1. The summed E-state index contributed by atoms with van der Waals surface area (Å²) >= 11 is 3.04. The van der Waals surface area contributed by atoms with E-state index >= 15 is 0 Å². The molecule has 0 heterocycles. The van der Waals surface area contributed by atoms with Crippen LogP contribution in [0.4, 0.5) is 4.79 Å². The molecule has 0 radical (unpaired) electrons. The third-order valence-electron chi connectivity index (χ3n) is 1.54. The highest BCUT2D eigenvalue weighted by atomic mass is 79.9. The molecule has 0 saturated heterocycles. The number of Topliss-reactive ketones (excluding diaryl/α,β-unsaturated/α-hetero) is 1. The monoisotopic (exact) mass is 295 g/mol. The third-order valence-corrected chi connectivity index (χ3v) is 2.10. The number of methoxy groups -OCH3 is 1. The Kier molecular flexibility index (Phi) is 6.59. The van der Waals surface area contributed by atoms with Gasteiger partial charge in [0, 0.05) is 7.11 Å². The van der Waals surface area contributed by atoms with E-state index in [-0.39, 0.29) is 17.7 Å². The molecule has 0 rings (SSSR count). The maximum atomic E-state index is 11.4. The van der Waals surface area contributed by atoms with Gasteiger partial charge in [-0.05, 0) is 20.8 Å². The maximum absolute atomic E-state index is 11.4. The van der Waals surface area contributed by atoms with Crippen LogP contribution in [-0.2, 0) is 14.3 Å². The van der Waals surface area contributed by atoms with E-state index in [1.54, 1.807) is 20.8 Å². The van der Waals surface area contributed by atoms with E-state index in [1.165, 1.54) is 7.11 Å². The molecule has 6 heteroatoms. The molecule has 0 aliphatic carbocycles. The zero-order valence-corrected chi connectivity index (χ0v) is 11.6. The first-order chi connectivity index (χ1) is 7.30. The van der Waals surface area contributed by atoms with Crippen molar-refractivity contribution in [2.24, 2.45) is 0 Å². The number of hydrogen-bond donors (Lipinski definition) is 1. The number of ether oxygens (including phenoxy) is 2. The van der Waals surface area contributed by atoms with Crippen molar-refractivity contribution in [2.45, 2.75) is 32.4 Å². The Hall–Kier alpha value is -0.620. The minimum Gasteiger partial charge on any atom is -0.444 e. The van der Waals surface area contributed by atoms with Crippen LogP contribution < -0.4 is 5.32 Å². The highest BCUT2D eigenvalue weighted by Gasteiger charge is 2.23. The van der Waals surface area contributed by atoms with Crippen LogP contribution in [0.3, 0.4) is 0 Å². The Morgan fingerprint density at radius 1 is 1.38 bits per heavy atom. The smallest absolute Gasteiger partial charge is 0.408 e. The second-order valence-electron chi connectivity index (χ2n) is 4.25. The van der Waals surface area contributed by atoms with E-state index in [0.29, 0.717) is 0 Å². The molecule has 94 valence electrons. The van der Waals surface area contributed by atoms with Gasteiger partial charge in [0.15, 0.2) is 5.78 Å². The highest BCUT2D eigenvalue weighted by molar-refractivity contribution is 9.09. The Bertz CT molecular complexity index is 250. The van der Waals surface area contributed by atoms with E-state index in [4.69, 9.17) is 9.47 Å². The van der Waals surface area contributed by atoms with Crippen molar-refractivity contribution in [3.05, 3.63) is 0 Å². The van der Waals surface area contributed by atoms with Gasteiger partial charge < -0.3 is 14.8 Å². The summed E-state index contributed by atoms with van der Waals surface area (Å²) in [6.07, 6.45) is -0.621. The van der Waals surface area contributed by atoms with Gasteiger partial charge in [0.25, 0.3) is 0 Å². The summed E-state index contributed by atoms with van der Waals surface area (Å²) in [5.41, 5.74) is -0.584. The molecule has 0 aliphatic heterocycles. The first-order valence-electron chi connectivity index (χ1n) is 4.87. The summed E-state index contributed by atoms with van der Waals surface area (Å²) in [5.74, 6) is -0.160. The number of rotatable bonds is 5. The van der Waals surface area contributed by atoms with Gasteiger partial charge in [0.05, 0.1) is 11.9 Å². The van der Waals surface area contributed by atoms with E-state index in [1.807, 2.05) is 0 Å². The van der Waals surface area contributed by atoms with Gasteiger partial charge in [0.2, 0.25) is 0 Å². The molecular formula is C10H18BrNO4. The number of carbonyl (C=O) groups is 2. The number of ketones is 1. The Balaban J connectivity index is 4.29. The predicted octanol–water partition coefficient (Wildman–Crippen LogP) is 1.49. The molecule has 16 heavy (non-hydrogen) atoms. The van der Waals surface area contributed by atoms with Gasteiger partial charge in [-0.1, -0.05) is 15.9 Å². The quantitative estimate of drug-likeness (QED) is 0.781. The first kappa shape index (κ1) is 15.4. The average molecular weight is 296 g/mol. The van der Waals surface area contributed by atoms with E-state index in [2.05, 4.69) is 21.2 Å². The molecule has 0 spiro atoms. The SMILES string of the molecule is COCC(NC(=O)OC(C)(C)C)C(=O)CBr. The lowest BCUT2D eigenvalue weighted by atomic mass is 10.2. The van der Waals surface area contributed by atoms with Crippen molar-refractivity contribution in [1.29, 1.82) is 0 Å². The zero-order chi connectivity index (χ0) is 12.8. The molecule has 1 unspecified atom stereocenters. The summed E-state index contributed by atoms with van der Waals surface area (Å²) in [6.45, 7) is 5.39. The maximum Gasteiger partial charge on any atom is 0.408 e. The lowest BCUT2D eigenvalue weighted by Crippen LogP contribution is -2.46. The third kappa shape index (κ3) is 6.79. The number of alkyl halides is 1. The lowest BCUT2D eigenvalue weighted by Gasteiger charge is -2.22. The van der Waals surface area contributed by atoms with Crippen molar-refractivity contribution in [1.82, 2.24) is 5.32 Å². The minimum atomic E-state index is -0.681. The molecule has 0 aromatic heterocycles. The molecule has 5 nitrogen and oxygen atoms in total. The summed E-state index contributed by atoms with van der Waals surface area (Å²) in [5, 5.41) is 2.62. The Morgan fingerprint density at radius 3 is 2.31 bits per heavy atom. The van der Waals surface area contributed by atoms with Crippen LogP contribution in [-0.4, -0.2) is 42.6 Å². The van der Waals surface area contributed by atoms with Crippen LogP contribution in [0.15, 0.2) is 0 Å². The molecule has 1 N–H and O–H groups in total. The zero-order valence-electron chi connectivity index (χ0n) is 10.0. The van der Waals surface area contributed by atoms with Crippen LogP contribution in [0.2, 0.25) is 0 Å². The lowest BCUT2D eigenvalue weighted by molar-refractivity contribution is -0.119. The van der Waals surface area contributed by atoms with Gasteiger partial charge in [-0.2, -0.15) is 0 Å². The summed E-state index contributed by atoms with van der Waals surface area (Å²) in [6, 6.07) is -0.681. The summed E-state index contributed by atoms with van der Waals surface area (Å²) < 4.78 is 9.88. The number of hydrogen-bond acceptors (Lipinski definition) is 4. The molecule has 1 atom stereocenters. The topological polar surface area (TPSA) is 64.6 Å². The Morgan fingerprint density at radius 2 is 1.94 bits per heavy atom. The molecule has 0 aromatic rings. The molecule has 0 fully saturated rings. The van der Waals surface area contributed by atoms with Crippen LogP contribution in [0.25, 0.3) is 0 Å². The molecular weight excluding hydrogens is 278 g/mol. The minimum absolute atomic E-state index is 0.129. The molecule has 0 bridgehead atoms. The number of nitrogens with one attached hydrogen (secondary N) is 1. The molecule has 0 aliphatic rings. The fraction of sp³-hybridized carbons (Fsp3) is 0.800. The molecule has 0 saturated carbocycles. The van der Waals surface area contributed by atoms with Crippen molar-refractivity contribution < 1.29 is 19.1 Å². The van der Waals surface area contributed by atoms with Crippen molar-refractivity contribution in [2.75, 3.05) is 19.0 Å². The van der Waals surface area contributed by atoms with Crippen molar-refractivity contribution >= 4 is 27.8 Å².